The fraction of sp³-hybridized carbons (Fsp3) is 0.417. The van der Waals surface area contributed by atoms with Gasteiger partial charge in [-0.25, -0.2) is 12.7 Å². The Morgan fingerprint density at radius 1 is 1.35 bits per heavy atom. The lowest BCUT2D eigenvalue weighted by molar-refractivity contribution is -0.388. The van der Waals surface area contributed by atoms with Crippen molar-refractivity contribution >= 4 is 21.7 Å². The lowest BCUT2D eigenvalue weighted by Gasteiger charge is -2.21. The Kier molecular flexibility index (Phi) is 4.71. The summed E-state index contributed by atoms with van der Waals surface area (Å²) in [6, 6.07) is 2.02. The minimum atomic E-state index is -4.25. The van der Waals surface area contributed by atoms with Gasteiger partial charge in [0.1, 0.15) is 13.2 Å². The van der Waals surface area contributed by atoms with Gasteiger partial charge in [-0.05, 0) is 0 Å². The lowest BCUT2D eigenvalue weighted by Crippen LogP contribution is -2.30. The summed E-state index contributed by atoms with van der Waals surface area (Å²) < 4.78 is 36.2. The first kappa shape index (κ1) is 17.0. The SMILES string of the molecule is CN(CCC(=O)O)S(=O)(=O)c1cc2c(cc1[N+](=O)[O-])OCCO2. The van der Waals surface area contributed by atoms with Crippen LogP contribution in [-0.4, -0.2) is 55.5 Å². The van der Waals surface area contributed by atoms with Crippen LogP contribution in [0.15, 0.2) is 17.0 Å². The molecular weight excluding hydrogens is 332 g/mol. The second-order valence-corrected chi connectivity index (χ2v) is 6.70. The van der Waals surface area contributed by atoms with E-state index in [1.807, 2.05) is 0 Å². The highest BCUT2D eigenvalue weighted by Crippen LogP contribution is 2.39. The molecule has 23 heavy (non-hydrogen) atoms. The Hall–Kier alpha value is -2.40. The summed E-state index contributed by atoms with van der Waals surface area (Å²) >= 11 is 0. The minimum Gasteiger partial charge on any atom is -0.486 e. The molecule has 0 aliphatic carbocycles. The summed E-state index contributed by atoms with van der Waals surface area (Å²) in [6.45, 7) is 0.0805. The standard InChI is InChI=1S/C12H14N2O8S/c1-13(3-2-12(15)16)23(19,20)11-7-10-9(21-4-5-22-10)6-8(11)14(17)18/h6-7H,2-5H2,1H3,(H,15,16). The Morgan fingerprint density at radius 2 is 1.91 bits per heavy atom. The maximum atomic E-state index is 12.5. The number of carboxylic acids is 1. The predicted octanol–water partition coefficient (Wildman–Crippen LogP) is 0.461. The molecule has 1 N–H and O–H groups in total. The minimum absolute atomic E-state index is 0.0899. The Bertz CT molecular complexity index is 746. The van der Waals surface area contributed by atoms with Gasteiger partial charge in [0.2, 0.25) is 10.0 Å². The number of hydrogen-bond acceptors (Lipinski definition) is 7. The Balaban J connectivity index is 2.47. The number of nitrogens with zero attached hydrogens (tertiary/aromatic N) is 2. The molecule has 0 bridgehead atoms. The summed E-state index contributed by atoms with van der Waals surface area (Å²) in [4.78, 5) is 20.3. The summed E-state index contributed by atoms with van der Waals surface area (Å²) in [7, 11) is -3.10. The quantitative estimate of drug-likeness (QED) is 0.579. The maximum Gasteiger partial charge on any atom is 0.304 e. The van der Waals surface area contributed by atoms with E-state index in [0.717, 1.165) is 23.5 Å². The number of nitro groups is 1. The molecule has 11 heteroatoms. The van der Waals surface area contributed by atoms with Gasteiger partial charge < -0.3 is 14.6 Å². The van der Waals surface area contributed by atoms with Gasteiger partial charge in [0, 0.05) is 19.7 Å². The van der Waals surface area contributed by atoms with Gasteiger partial charge in [-0.15, -0.1) is 0 Å². The van der Waals surface area contributed by atoms with E-state index in [4.69, 9.17) is 14.6 Å². The summed E-state index contributed by atoms with van der Waals surface area (Å²) in [5, 5.41) is 19.8. The van der Waals surface area contributed by atoms with E-state index in [1.54, 1.807) is 0 Å². The van der Waals surface area contributed by atoms with E-state index < -0.39 is 37.9 Å². The molecule has 1 aromatic carbocycles. The zero-order valence-electron chi connectivity index (χ0n) is 12.1. The number of sulfonamides is 1. The van der Waals surface area contributed by atoms with Crippen LogP contribution in [0, 0.1) is 10.1 Å². The highest BCUT2D eigenvalue weighted by Gasteiger charge is 2.33. The van der Waals surface area contributed by atoms with Crippen molar-refractivity contribution in [3.05, 3.63) is 22.2 Å². The van der Waals surface area contributed by atoms with Crippen LogP contribution in [0.2, 0.25) is 0 Å². The third-order valence-corrected chi connectivity index (χ3v) is 5.04. The highest BCUT2D eigenvalue weighted by molar-refractivity contribution is 7.89. The number of nitro benzene ring substituents is 1. The number of carbonyl (C=O) groups is 1. The van der Waals surface area contributed by atoms with E-state index in [2.05, 4.69) is 0 Å². The van der Waals surface area contributed by atoms with Crippen molar-refractivity contribution in [1.29, 1.82) is 0 Å². The van der Waals surface area contributed by atoms with Crippen LogP contribution in [-0.2, 0) is 14.8 Å². The fourth-order valence-electron chi connectivity index (χ4n) is 1.95. The van der Waals surface area contributed by atoms with Crippen molar-refractivity contribution in [1.82, 2.24) is 4.31 Å². The van der Waals surface area contributed by atoms with Gasteiger partial charge in [-0.3, -0.25) is 14.9 Å². The highest BCUT2D eigenvalue weighted by atomic mass is 32.2. The summed E-state index contributed by atoms with van der Waals surface area (Å²) in [5.74, 6) is -0.995. The molecule has 1 aliphatic rings. The van der Waals surface area contributed by atoms with E-state index in [9.17, 15) is 23.3 Å². The first-order chi connectivity index (χ1) is 10.7. The molecule has 2 rings (SSSR count). The molecule has 0 fully saturated rings. The van der Waals surface area contributed by atoms with Crippen LogP contribution in [0.1, 0.15) is 6.42 Å². The third kappa shape index (κ3) is 3.51. The molecule has 0 saturated heterocycles. The molecule has 0 radical (unpaired) electrons. The molecule has 1 aliphatic heterocycles. The maximum absolute atomic E-state index is 12.5. The van der Waals surface area contributed by atoms with Crippen LogP contribution < -0.4 is 9.47 Å². The van der Waals surface area contributed by atoms with E-state index >= 15 is 0 Å². The molecule has 0 atom stereocenters. The van der Waals surface area contributed by atoms with Crippen LogP contribution in [0.5, 0.6) is 11.5 Å². The average Bonchev–Trinajstić information content (AvgIpc) is 2.50. The normalized spacial score (nSPS) is 13.8. The number of rotatable bonds is 6. The molecule has 0 spiro atoms. The lowest BCUT2D eigenvalue weighted by atomic mass is 10.2. The van der Waals surface area contributed by atoms with Crippen molar-refractivity contribution in [2.75, 3.05) is 26.8 Å². The third-order valence-electron chi connectivity index (χ3n) is 3.15. The van der Waals surface area contributed by atoms with E-state index in [0.29, 0.717) is 0 Å². The number of benzene rings is 1. The van der Waals surface area contributed by atoms with Crippen molar-refractivity contribution in [3.8, 4) is 11.5 Å². The van der Waals surface area contributed by atoms with Gasteiger partial charge in [-0.2, -0.15) is 0 Å². The van der Waals surface area contributed by atoms with Gasteiger partial charge in [0.15, 0.2) is 16.4 Å². The van der Waals surface area contributed by atoms with Crippen molar-refractivity contribution in [2.24, 2.45) is 0 Å². The van der Waals surface area contributed by atoms with E-state index in [1.165, 1.54) is 0 Å². The number of aliphatic carboxylic acids is 1. The van der Waals surface area contributed by atoms with Crippen LogP contribution in [0.4, 0.5) is 5.69 Å². The topological polar surface area (TPSA) is 136 Å². The predicted molar refractivity (Wildman–Crippen MR) is 76.2 cm³/mol. The number of fused-ring (bicyclic) bond motifs is 1. The van der Waals surface area contributed by atoms with Crippen LogP contribution >= 0.6 is 0 Å². The summed E-state index contributed by atoms with van der Waals surface area (Å²) in [6.07, 6.45) is -0.423. The fourth-order valence-corrected chi connectivity index (χ4v) is 3.27. The molecule has 0 unspecified atom stereocenters. The van der Waals surface area contributed by atoms with Gasteiger partial charge in [0.05, 0.1) is 17.4 Å². The molecule has 0 aromatic heterocycles. The number of carboxylic acid groups (broad SMARTS) is 1. The largest absolute Gasteiger partial charge is 0.486 e. The molecule has 0 saturated carbocycles. The molecule has 1 heterocycles. The van der Waals surface area contributed by atoms with Gasteiger partial charge in [-0.1, -0.05) is 0 Å². The van der Waals surface area contributed by atoms with Gasteiger partial charge >= 0.3 is 5.97 Å². The van der Waals surface area contributed by atoms with Gasteiger partial charge in [0.25, 0.3) is 5.69 Å². The molecule has 0 amide bonds. The molecule has 10 nitrogen and oxygen atoms in total. The van der Waals surface area contributed by atoms with E-state index in [-0.39, 0.29) is 31.3 Å². The zero-order valence-corrected chi connectivity index (χ0v) is 12.9. The Labute approximate surface area is 131 Å². The molecule has 126 valence electrons. The second kappa shape index (κ2) is 6.38. The van der Waals surface area contributed by atoms with Crippen molar-refractivity contribution < 1.29 is 32.7 Å². The zero-order chi connectivity index (χ0) is 17.2. The Morgan fingerprint density at radius 3 is 2.43 bits per heavy atom. The van der Waals surface area contributed by atoms with Crippen LogP contribution in [0.25, 0.3) is 0 Å². The average molecular weight is 346 g/mol. The first-order valence-electron chi connectivity index (χ1n) is 6.49. The first-order valence-corrected chi connectivity index (χ1v) is 7.93. The number of ether oxygens (including phenoxy) is 2. The molecule has 1 aromatic rings. The number of hydrogen-bond donors (Lipinski definition) is 1. The summed E-state index contributed by atoms with van der Waals surface area (Å²) in [5.41, 5.74) is -0.656. The molecular formula is C12H14N2O8S. The van der Waals surface area contributed by atoms with Crippen molar-refractivity contribution in [3.63, 3.8) is 0 Å². The van der Waals surface area contributed by atoms with Crippen molar-refractivity contribution in [2.45, 2.75) is 11.3 Å². The smallest absolute Gasteiger partial charge is 0.304 e. The monoisotopic (exact) mass is 346 g/mol. The second-order valence-electron chi connectivity index (χ2n) is 4.69. The van der Waals surface area contributed by atoms with Crippen LogP contribution in [0.3, 0.4) is 0 Å².